The molecule has 0 atom stereocenters. The number of nitrogens with zero attached hydrogens (tertiary/aromatic N) is 1. The molecule has 0 bridgehead atoms. The summed E-state index contributed by atoms with van der Waals surface area (Å²) in [5, 5.41) is 0. The Morgan fingerprint density at radius 3 is 2.27 bits per heavy atom. The molecule has 3 nitrogen and oxygen atoms in total. The fraction of sp³-hybridized carbons (Fsp3) is 0.250. The van der Waals surface area contributed by atoms with E-state index in [0.29, 0.717) is 6.07 Å². The molecule has 2 rings (SSSR count). The lowest BCUT2D eigenvalue weighted by atomic mass is 10.1. The van der Waals surface area contributed by atoms with Crippen LogP contribution in [-0.4, -0.2) is 19.8 Å². The zero-order valence-electron chi connectivity index (χ0n) is 12.6. The van der Waals surface area contributed by atoms with Crippen molar-refractivity contribution in [3.63, 3.8) is 0 Å². The molecule has 0 spiro atoms. The van der Waals surface area contributed by atoms with Crippen LogP contribution in [0.2, 0.25) is 0 Å². The van der Waals surface area contributed by atoms with Crippen LogP contribution >= 0.6 is 0 Å². The second-order valence-corrected chi connectivity index (χ2v) is 7.31. The van der Waals surface area contributed by atoms with Gasteiger partial charge >= 0.3 is 0 Å². The number of rotatable bonds is 4. The highest BCUT2D eigenvalue weighted by Crippen LogP contribution is 2.20. The average Bonchev–Trinajstić information content (AvgIpc) is 2.44. The summed E-state index contributed by atoms with van der Waals surface area (Å²) < 4.78 is 52.1. The van der Waals surface area contributed by atoms with Crippen LogP contribution in [0.1, 0.15) is 16.7 Å². The molecule has 0 N–H and O–H groups in total. The number of hydrogen-bond donors (Lipinski definition) is 0. The SMILES string of the molecule is Cc1ccc(CN(C)S(=O)(=O)c2ccc(F)c(F)c2)c(C)c1. The van der Waals surface area contributed by atoms with E-state index >= 15 is 0 Å². The van der Waals surface area contributed by atoms with Gasteiger partial charge in [-0.1, -0.05) is 23.8 Å². The first kappa shape index (κ1) is 16.6. The number of hydrogen-bond acceptors (Lipinski definition) is 2. The largest absolute Gasteiger partial charge is 0.243 e. The van der Waals surface area contributed by atoms with Gasteiger partial charge in [0.15, 0.2) is 11.6 Å². The normalized spacial score (nSPS) is 11.9. The van der Waals surface area contributed by atoms with Crippen LogP contribution in [0.3, 0.4) is 0 Å². The highest BCUT2D eigenvalue weighted by Gasteiger charge is 2.22. The summed E-state index contributed by atoms with van der Waals surface area (Å²) in [5.74, 6) is -2.25. The molecule has 0 fully saturated rings. The van der Waals surface area contributed by atoms with Gasteiger partial charge in [0.1, 0.15) is 0 Å². The molecule has 0 saturated heterocycles. The molecule has 0 amide bonds. The van der Waals surface area contributed by atoms with E-state index in [4.69, 9.17) is 0 Å². The summed E-state index contributed by atoms with van der Waals surface area (Å²) in [6.45, 7) is 4.02. The second kappa shape index (κ2) is 6.14. The van der Waals surface area contributed by atoms with E-state index in [1.165, 1.54) is 7.05 Å². The molecule has 2 aromatic rings. The van der Waals surface area contributed by atoms with Crippen molar-refractivity contribution in [2.75, 3.05) is 7.05 Å². The lowest BCUT2D eigenvalue weighted by molar-refractivity contribution is 0.463. The van der Waals surface area contributed by atoms with Crippen LogP contribution in [-0.2, 0) is 16.6 Å². The Balaban J connectivity index is 2.30. The first-order valence-corrected chi connectivity index (χ1v) is 8.13. The molecule has 0 aliphatic rings. The van der Waals surface area contributed by atoms with Gasteiger partial charge in [-0.25, -0.2) is 17.2 Å². The van der Waals surface area contributed by atoms with Crippen molar-refractivity contribution in [2.24, 2.45) is 0 Å². The highest BCUT2D eigenvalue weighted by atomic mass is 32.2. The van der Waals surface area contributed by atoms with Gasteiger partial charge in [0.25, 0.3) is 0 Å². The molecule has 6 heteroatoms. The monoisotopic (exact) mass is 325 g/mol. The van der Waals surface area contributed by atoms with Gasteiger partial charge in [0, 0.05) is 13.6 Å². The molecule has 0 unspecified atom stereocenters. The van der Waals surface area contributed by atoms with Crippen molar-refractivity contribution in [1.82, 2.24) is 4.31 Å². The highest BCUT2D eigenvalue weighted by molar-refractivity contribution is 7.89. The number of sulfonamides is 1. The minimum atomic E-state index is -3.88. The van der Waals surface area contributed by atoms with E-state index in [1.807, 2.05) is 32.0 Å². The Morgan fingerprint density at radius 1 is 1.00 bits per heavy atom. The molecule has 0 radical (unpaired) electrons. The van der Waals surface area contributed by atoms with Gasteiger partial charge in [-0.3, -0.25) is 0 Å². The smallest absolute Gasteiger partial charge is 0.207 e. The van der Waals surface area contributed by atoms with E-state index in [2.05, 4.69) is 0 Å². The minimum absolute atomic E-state index is 0.160. The summed E-state index contributed by atoms with van der Waals surface area (Å²) in [6, 6.07) is 8.30. The predicted octanol–water partition coefficient (Wildman–Crippen LogP) is 3.40. The molecule has 0 aromatic heterocycles. The van der Waals surface area contributed by atoms with E-state index < -0.39 is 21.7 Å². The van der Waals surface area contributed by atoms with Gasteiger partial charge in [0.2, 0.25) is 10.0 Å². The van der Waals surface area contributed by atoms with E-state index in [-0.39, 0.29) is 11.4 Å². The maximum absolute atomic E-state index is 13.3. The van der Waals surface area contributed by atoms with Crippen molar-refractivity contribution < 1.29 is 17.2 Å². The third kappa shape index (κ3) is 3.34. The molecule has 0 saturated carbocycles. The Labute approximate surface area is 129 Å². The maximum atomic E-state index is 13.3. The molecule has 22 heavy (non-hydrogen) atoms. The van der Waals surface area contributed by atoms with Crippen molar-refractivity contribution in [2.45, 2.75) is 25.3 Å². The fourth-order valence-corrected chi connectivity index (χ4v) is 3.33. The molecular weight excluding hydrogens is 308 g/mol. The Kier molecular flexibility index (Phi) is 4.63. The summed E-state index contributed by atoms with van der Waals surface area (Å²) in [7, 11) is -2.46. The zero-order valence-corrected chi connectivity index (χ0v) is 13.4. The Morgan fingerprint density at radius 2 is 1.68 bits per heavy atom. The topological polar surface area (TPSA) is 37.4 Å². The van der Waals surface area contributed by atoms with Crippen LogP contribution in [0.25, 0.3) is 0 Å². The van der Waals surface area contributed by atoms with Crippen molar-refractivity contribution in [3.8, 4) is 0 Å². The van der Waals surface area contributed by atoms with E-state index in [1.54, 1.807) is 0 Å². The van der Waals surface area contributed by atoms with Crippen LogP contribution in [0.4, 0.5) is 8.78 Å². The van der Waals surface area contributed by atoms with Crippen LogP contribution < -0.4 is 0 Å². The molecule has 2 aromatic carbocycles. The fourth-order valence-electron chi connectivity index (χ4n) is 2.17. The van der Waals surface area contributed by atoms with Gasteiger partial charge in [-0.05, 0) is 43.2 Å². The average molecular weight is 325 g/mol. The van der Waals surface area contributed by atoms with Crippen molar-refractivity contribution >= 4 is 10.0 Å². The maximum Gasteiger partial charge on any atom is 0.243 e. The molecule has 0 aliphatic heterocycles. The summed E-state index contributed by atoms with van der Waals surface area (Å²) in [6.07, 6.45) is 0. The first-order valence-electron chi connectivity index (χ1n) is 6.69. The van der Waals surface area contributed by atoms with Gasteiger partial charge in [-0.15, -0.1) is 0 Å². The molecular formula is C16H17F2NO2S. The number of aryl methyl sites for hydroxylation is 2. The quantitative estimate of drug-likeness (QED) is 0.864. The first-order chi connectivity index (χ1) is 10.2. The van der Waals surface area contributed by atoms with Crippen molar-refractivity contribution in [1.29, 1.82) is 0 Å². The minimum Gasteiger partial charge on any atom is -0.207 e. The summed E-state index contributed by atoms with van der Waals surface area (Å²) in [4.78, 5) is -0.265. The molecule has 118 valence electrons. The molecule has 0 aliphatic carbocycles. The lowest BCUT2D eigenvalue weighted by Gasteiger charge is -2.18. The Bertz CT molecular complexity index is 804. The van der Waals surface area contributed by atoms with Crippen molar-refractivity contribution in [3.05, 3.63) is 64.7 Å². The van der Waals surface area contributed by atoms with Crippen LogP contribution in [0, 0.1) is 25.5 Å². The third-order valence-corrected chi connectivity index (χ3v) is 5.29. The number of benzene rings is 2. The summed E-state index contributed by atoms with van der Waals surface area (Å²) >= 11 is 0. The zero-order chi connectivity index (χ0) is 16.5. The van der Waals surface area contributed by atoms with E-state index in [9.17, 15) is 17.2 Å². The number of halogens is 2. The lowest BCUT2D eigenvalue weighted by Crippen LogP contribution is -2.27. The van der Waals surface area contributed by atoms with E-state index in [0.717, 1.165) is 33.1 Å². The standard InChI is InChI=1S/C16H17F2NO2S/c1-11-4-5-13(12(2)8-11)10-19(3)22(20,21)14-6-7-15(17)16(18)9-14/h4-9H,10H2,1-3H3. The van der Waals surface area contributed by atoms with Gasteiger partial charge < -0.3 is 0 Å². The third-order valence-electron chi connectivity index (χ3n) is 3.49. The van der Waals surface area contributed by atoms with Gasteiger partial charge in [-0.2, -0.15) is 4.31 Å². The van der Waals surface area contributed by atoms with Gasteiger partial charge in [0.05, 0.1) is 4.90 Å². The van der Waals surface area contributed by atoms with Crippen LogP contribution in [0.5, 0.6) is 0 Å². The summed E-state index contributed by atoms with van der Waals surface area (Å²) in [5.41, 5.74) is 2.93. The predicted molar refractivity (Wildman–Crippen MR) is 80.9 cm³/mol. The Hall–Kier alpha value is -1.79. The second-order valence-electron chi connectivity index (χ2n) is 5.27. The molecule has 0 heterocycles. The van der Waals surface area contributed by atoms with Crippen LogP contribution in [0.15, 0.2) is 41.3 Å².